The zero-order valence-electron chi connectivity index (χ0n) is 10.6. The van der Waals surface area contributed by atoms with E-state index in [1.807, 2.05) is 42.5 Å². The van der Waals surface area contributed by atoms with Gasteiger partial charge in [0.15, 0.2) is 11.6 Å². The Balaban J connectivity index is 2.27. The molecule has 0 unspecified atom stereocenters. The van der Waals surface area contributed by atoms with Crippen LogP contribution in [0.2, 0.25) is 5.02 Å². The van der Waals surface area contributed by atoms with Crippen molar-refractivity contribution in [1.29, 1.82) is 0 Å². The highest BCUT2D eigenvalue weighted by Crippen LogP contribution is 2.41. The molecule has 2 N–H and O–H groups in total. The van der Waals surface area contributed by atoms with E-state index >= 15 is 0 Å². The average molecular weight is 476 g/mol. The number of anilines is 1. The first-order valence-corrected chi connectivity index (χ1v) is 8.28. The van der Waals surface area contributed by atoms with E-state index in [9.17, 15) is 0 Å². The van der Waals surface area contributed by atoms with Crippen molar-refractivity contribution in [2.45, 2.75) is 0 Å². The second kappa shape index (κ2) is 5.98. The summed E-state index contributed by atoms with van der Waals surface area (Å²) in [5.74, 6) is 0.945. The quantitative estimate of drug-likeness (QED) is 0.490. The predicted octanol–water partition coefficient (Wildman–Crippen LogP) is 5.61. The summed E-state index contributed by atoms with van der Waals surface area (Å²) >= 11 is 12.0. The van der Waals surface area contributed by atoms with Gasteiger partial charge in [-0.15, -0.1) is 0 Å². The van der Waals surface area contributed by atoms with Crippen LogP contribution in [0.1, 0.15) is 0 Å². The van der Waals surface area contributed by atoms with E-state index in [1.165, 1.54) is 0 Å². The molecule has 0 fully saturated rings. The van der Waals surface area contributed by atoms with E-state index in [1.54, 1.807) is 0 Å². The van der Waals surface area contributed by atoms with Gasteiger partial charge in [0.2, 0.25) is 0 Å². The Bertz CT molecular complexity index is 819. The molecule has 0 aliphatic carbocycles. The number of hydrogen-bond donors (Lipinski definition) is 1. The fourth-order valence-corrected chi connectivity index (χ4v) is 3.25. The number of benzene rings is 2. The lowest BCUT2D eigenvalue weighted by atomic mass is 10.0. The van der Waals surface area contributed by atoms with Gasteiger partial charge in [-0.05, 0) is 46.9 Å². The van der Waals surface area contributed by atoms with Crippen molar-refractivity contribution < 1.29 is 4.52 Å². The number of nitrogens with zero attached hydrogens (tertiary/aromatic N) is 1. The summed E-state index contributed by atoms with van der Waals surface area (Å²) in [5.41, 5.74) is 8.44. The lowest BCUT2D eigenvalue weighted by Gasteiger charge is -2.07. The van der Waals surface area contributed by atoms with Gasteiger partial charge in [-0.25, -0.2) is 0 Å². The topological polar surface area (TPSA) is 52.0 Å². The van der Waals surface area contributed by atoms with Crippen LogP contribution in [0, 0.1) is 3.57 Å². The van der Waals surface area contributed by atoms with E-state index in [4.69, 9.17) is 21.9 Å². The first kappa shape index (κ1) is 14.9. The maximum absolute atomic E-state index is 6.28. The highest BCUT2D eigenvalue weighted by molar-refractivity contribution is 14.1. The third-order valence-corrected chi connectivity index (χ3v) is 4.80. The zero-order valence-corrected chi connectivity index (χ0v) is 15.1. The SMILES string of the molecule is Nc1noc(-c2cc(Br)ccc2I)c1-c1ccccc1Cl. The summed E-state index contributed by atoms with van der Waals surface area (Å²) < 4.78 is 7.47. The molecule has 3 aromatic rings. The molecule has 21 heavy (non-hydrogen) atoms. The number of hydrogen-bond acceptors (Lipinski definition) is 3. The van der Waals surface area contributed by atoms with Gasteiger partial charge in [-0.2, -0.15) is 0 Å². The van der Waals surface area contributed by atoms with Crippen molar-refractivity contribution >= 4 is 55.9 Å². The average Bonchev–Trinajstić information content (AvgIpc) is 2.84. The van der Waals surface area contributed by atoms with Crippen LogP contribution >= 0.6 is 50.1 Å². The predicted molar refractivity (Wildman–Crippen MR) is 97.2 cm³/mol. The van der Waals surface area contributed by atoms with Gasteiger partial charge < -0.3 is 10.3 Å². The van der Waals surface area contributed by atoms with E-state index in [0.29, 0.717) is 16.6 Å². The molecule has 2 aromatic carbocycles. The van der Waals surface area contributed by atoms with E-state index in [0.717, 1.165) is 24.7 Å². The van der Waals surface area contributed by atoms with Gasteiger partial charge in [0, 0.05) is 24.2 Å². The minimum atomic E-state index is 0.328. The molecular weight excluding hydrogens is 466 g/mol. The number of aromatic nitrogens is 1. The molecule has 0 aliphatic heterocycles. The smallest absolute Gasteiger partial charge is 0.178 e. The van der Waals surface area contributed by atoms with Crippen LogP contribution in [0.4, 0.5) is 5.82 Å². The fraction of sp³-hybridized carbons (Fsp3) is 0. The van der Waals surface area contributed by atoms with Crippen molar-refractivity contribution in [3.8, 4) is 22.5 Å². The van der Waals surface area contributed by atoms with Crippen molar-refractivity contribution in [3.05, 3.63) is 55.5 Å². The Morgan fingerprint density at radius 1 is 1.14 bits per heavy atom. The van der Waals surface area contributed by atoms with Crippen LogP contribution < -0.4 is 5.73 Å². The molecule has 0 saturated carbocycles. The summed E-state index contributed by atoms with van der Waals surface area (Å²) in [4.78, 5) is 0. The first-order valence-electron chi connectivity index (χ1n) is 6.03. The van der Waals surface area contributed by atoms with Crippen LogP contribution in [-0.4, -0.2) is 5.16 Å². The Hall–Kier alpha value is -1.05. The second-order valence-electron chi connectivity index (χ2n) is 4.38. The minimum absolute atomic E-state index is 0.328. The molecule has 0 atom stereocenters. The van der Waals surface area contributed by atoms with Gasteiger partial charge >= 0.3 is 0 Å². The van der Waals surface area contributed by atoms with Crippen LogP contribution in [0.5, 0.6) is 0 Å². The van der Waals surface area contributed by atoms with Gasteiger partial charge in [0.05, 0.1) is 5.56 Å². The number of nitrogens with two attached hydrogens (primary N) is 1. The lowest BCUT2D eigenvalue weighted by Crippen LogP contribution is -1.90. The molecule has 3 nitrogen and oxygen atoms in total. The zero-order chi connectivity index (χ0) is 15.0. The molecule has 1 aromatic heterocycles. The lowest BCUT2D eigenvalue weighted by molar-refractivity contribution is 0.436. The summed E-state index contributed by atoms with van der Waals surface area (Å²) in [6, 6.07) is 13.4. The first-order chi connectivity index (χ1) is 10.1. The van der Waals surface area contributed by atoms with Crippen molar-refractivity contribution in [3.63, 3.8) is 0 Å². The summed E-state index contributed by atoms with van der Waals surface area (Å²) in [7, 11) is 0. The molecule has 0 saturated heterocycles. The van der Waals surface area contributed by atoms with Crippen molar-refractivity contribution in [2.75, 3.05) is 5.73 Å². The standard InChI is InChI=1S/C15H9BrClIN2O/c16-8-5-6-12(18)10(7-8)14-13(15(19)20-21-14)9-3-1-2-4-11(9)17/h1-7H,(H2,19,20). The maximum Gasteiger partial charge on any atom is 0.178 e. The minimum Gasteiger partial charge on any atom is -0.380 e. The van der Waals surface area contributed by atoms with Crippen molar-refractivity contribution in [2.24, 2.45) is 0 Å². The van der Waals surface area contributed by atoms with Gasteiger partial charge in [-0.3, -0.25) is 0 Å². The number of halogens is 3. The van der Waals surface area contributed by atoms with Crippen molar-refractivity contribution in [1.82, 2.24) is 5.16 Å². The summed E-state index contributed by atoms with van der Waals surface area (Å²) in [5, 5.41) is 4.52. The van der Waals surface area contributed by atoms with Crippen LogP contribution in [0.3, 0.4) is 0 Å². The second-order valence-corrected chi connectivity index (χ2v) is 6.86. The Morgan fingerprint density at radius 3 is 2.67 bits per heavy atom. The molecule has 106 valence electrons. The molecule has 0 bridgehead atoms. The normalized spacial score (nSPS) is 10.8. The maximum atomic E-state index is 6.28. The molecule has 6 heteroatoms. The molecule has 0 spiro atoms. The number of rotatable bonds is 2. The monoisotopic (exact) mass is 474 g/mol. The van der Waals surface area contributed by atoms with E-state index in [-0.39, 0.29) is 0 Å². The van der Waals surface area contributed by atoms with Crippen LogP contribution in [0.15, 0.2) is 51.5 Å². The largest absolute Gasteiger partial charge is 0.380 e. The highest BCUT2D eigenvalue weighted by atomic mass is 127. The third kappa shape index (κ3) is 2.82. The van der Waals surface area contributed by atoms with Gasteiger partial charge in [0.25, 0.3) is 0 Å². The molecule has 0 amide bonds. The Labute approximate surface area is 148 Å². The Kier molecular flexibility index (Phi) is 4.24. The number of nitrogen functional groups attached to an aromatic ring is 1. The molecule has 1 heterocycles. The van der Waals surface area contributed by atoms with Crippen LogP contribution in [-0.2, 0) is 0 Å². The molecule has 0 aliphatic rings. The molecular formula is C15H9BrClIN2O. The van der Waals surface area contributed by atoms with E-state index < -0.39 is 0 Å². The molecule has 0 radical (unpaired) electrons. The van der Waals surface area contributed by atoms with E-state index in [2.05, 4.69) is 43.7 Å². The molecule has 3 rings (SSSR count). The summed E-state index contributed by atoms with van der Waals surface area (Å²) in [6.45, 7) is 0. The van der Waals surface area contributed by atoms with Gasteiger partial charge in [-0.1, -0.05) is 50.9 Å². The summed E-state index contributed by atoms with van der Waals surface area (Å²) in [6.07, 6.45) is 0. The van der Waals surface area contributed by atoms with Crippen LogP contribution in [0.25, 0.3) is 22.5 Å². The third-order valence-electron chi connectivity index (χ3n) is 3.03. The Morgan fingerprint density at radius 2 is 1.90 bits per heavy atom. The highest BCUT2D eigenvalue weighted by Gasteiger charge is 2.21. The van der Waals surface area contributed by atoms with Gasteiger partial charge in [0.1, 0.15) is 0 Å². The fourth-order valence-electron chi connectivity index (χ4n) is 2.08.